The first-order valence-electron chi connectivity index (χ1n) is 7.67. The maximum absolute atomic E-state index is 12.7. The molecule has 0 atom stereocenters. The first-order valence-corrected chi connectivity index (χ1v) is 7.67. The largest absolute Gasteiger partial charge is 0.398 e. The number of para-hydroxylation sites is 1. The van der Waals surface area contributed by atoms with Gasteiger partial charge in [-0.3, -0.25) is 9.80 Å². The molecular weight excluding hydrogens is 304 g/mol. The molecule has 0 unspecified atom stereocenters. The summed E-state index contributed by atoms with van der Waals surface area (Å²) in [6.45, 7) is 0.0959. The summed E-state index contributed by atoms with van der Waals surface area (Å²) in [5.74, 6) is 5.92. The molecule has 5 N–H and O–H groups in total. The van der Waals surface area contributed by atoms with Crippen molar-refractivity contribution in [3.05, 3.63) is 71.4 Å². The zero-order valence-corrected chi connectivity index (χ0v) is 13.2. The van der Waals surface area contributed by atoms with Gasteiger partial charge in [-0.2, -0.15) is 0 Å². The third-order valence-corrected chi connectivity index (χ3v) is 4.00. The highest BCUT2D eigenvalue weighted by molar-refractivity contribution is 6.00. The average Bonchev–Trinajstić information content (AvgIpc) is 2.70. The molecule has 1 aliphatic heterocycles. The van der Waals surface area contributed by atoms with E-state index in [-0.39, 0.29) is 24.8 Å². The summed E-state index contributed by atoms with van der Waals surface area (Å²) in [5.41, 5.74) is 9.14. The third-order valence-electron chi connectivity index (χ3n) is 4.00. The van der Waals surface area contributed by atoms with Crippen LogP contribution >= 0.6 is 0 Å². The summed E-state index contributed by atoms with van der Waals surface area (Å²) in [7, 11) is 0. The third kappa shape index (κ3) is 2.97. The summed E-state index contributed by atoms with van der Waals surface area (Å²) < 4.78 is 0. The Balaban J connectivity index is 2.11. The van der Waals surface area contributed by atoms with E-state index in [4.69, 9.17) is 11.6 Å². The van der Waals surface area contributed by atoms with Crippen LogP contribution < -0.4 is 16.5 Å². The van der Waals surface area contributed by atoms with Gasteiger partial charge in [0, 0.05) is 5.56 Å². The smallest absolute Gasteiger partial charge is 0.248 e. The van der Waals surface area contributed by atoms with Gasteiger partial charge >= 0.3 is 0 Å². The van der Waals surface area contributed by atoms with Crippen molar-refractivity contribution in [2.24, 2.45) is 11.6 Å². The number of carbonyl (C=O) groups is 1. The second-order valence-electron chi connectivity index (χ2n) is 5.64. The maximum atomic E-state index is 12.7. The molecule has 124 valence electrons. The van der Waals surface area contributed by atoms with E-state index in [1.807, 2.05) is 54.6 Å². The van der Waals surface area contributed by atoms with Crippen LogP contribution in [0.25, 0.3) is 5.70 Å². The molecule has 0 aromatic heterocycles. The standard InChI is InChI=1S/C18H20N4O2/c19-15(12-23)18-14-8-4-5-9-16(14)21(17(24)11-22(18)20)10-13-6-2-1-3-7-13/h1-9,23H,10-12,19-20H2/b18-15-. The molecule has 0 radical (unpaired) electrons. The maximum Gasteiger partial charge on any atom is 0.248 e. The van der Waals surface area contributed by atoms with Crippen LogP contribution in [0.5, 0.6) is 0 Å². The normalized spacial score (nSPS) is 16.7. The van der Waals surface area contributed by atoms with Crippen molar-refractivity contribution in [1.29, 1.82) is 0 Å². The van der Waals surface area contributed by atoms with Crippen LogP contribution in [0.4, 0.5) is 5.69 Å². The van der Waals surface area contributed by atoms with Gasteiger partial charge < -0.3 is 15.7 Å². The van der Waals surface area contributed by atoms with E-state index in [0.717, 1.165) is 16.8 Å². The van der Waals surface area contributed by atoms with Crippen molar-refractivity contribution in [2.45, 2.75) is 6.54 Å². The van der Waals surface area contributed by atoms with Crippen LogP contribution in [0.15, 0.2) is 60.3 Å². The number of aliphatic hydroxyl groups is 1. The molecule has 24 heavy (non-hydrogen) atoms. The fraction of sp³-hybridized carbons (Fsp3) is 0.167. The van der Waals surface area contributed by atoms with Crippen molar-refractivity contribution in [3.63, 3.8) is 0 Å². The molecule has 0 saturated heterocycles. The number of anilines is 1. The Morgan fingerprint density at radius 3 is 2.46 bits per heavy atom. The Kier molecular flexibility index (Phi) is 4.50. The second-order valence-corrected chi connectivity index (χ2v) is 5.64. The highest BCUT2D eigenvalue weighted by atomic mass is 16.3. The highest BCUT2D eigenvalue weighted by Crippen LogP contribution is 2.33. The molecule has 1 heterocycles. The Bertz CT molecular complexity index is 774. The topological polar surface area (TPSA) is 95.8 Å². The predicted molar refractivity (Wildman–Crippen MR) is 93.2 cm³/mol. The molecule has 0 fully saturated rings. The lowest BCUT2D eigenvalue weighted by Crippen LogP contribution is -2.40. The van der Waals surface area contributed by atoms with Crippen LogP contribution in [-0.2, 0) is 11.3 Å². The number of benzene rings is 2. The van der Waals surface area contributed by atoms with Gasteiger partial charge in [-0.1, -0.05) is 48.5 Å². The second kappa shape index (κ2) is 6.74. The van der Waals surface area contributed by atoms with Crippen molar-refractivity contribution in [3.8, 4) is 0 Å². The molecule has 2 aromatic rings. The van der Waals surface area contributed by atoms with E-state index in [1.165, 1.54) is 5.01 Å². The van der Waals surface area contributed by atoms with Crippen LogP contribution in [0.3, 0.4) is 0 Å². The van der Waals surface area contributed by atoms with E-state index in [2.05, 4.69) is 0 Å². The van der Waals surface area contributed by atoms with Crippen LogP contribution in [0.2, 0.25) is 0 Å². The van der Waals surface area contributed by atoms with Crippen molar-refractivity contribution in [2.75, 3.05) is 18.1 Å². The molecule has 6 heteroatoms. The van der Waals surface area contributed by atoms with Gasteiger partial charge in [0.25, 0.3) is 0 Å². The zero-order chi connectivity index (χ0) is 17.1. The first kappa shape index (κ1) is 16.0. The number of nitrogens with two attached hydrogens (primary N) is 2. The first-order chi connectivity index (χ1) is 11.6. The fourth-order valence-electron chi connectivity index (χ4n) is 2.88. The predicted octanol–water partition coefficient (Wildman–Crippen LogP) is 1.03. The van der Waals surface area contributed by atoms with Crippen LogP contribution in [-0.4, -0.2) is 29.2 Å². The molecule has 0 saturated carbocycles. The molecule has 1 aliphatic rings. The molecular formula is C18H20N4O2. The van der Waals surface area contributed by atoms with Gasteiger partial charge in [-0.25, -0.2) is 5.84 Å². The summed E-state index contributed by atoms with van der Waals surface area (Å²) >= 11 is 0. The van der Waals surface area contributed by atoms with Crippen molar-refractivity contribution >= 4 is 17.3 Å². The number of amides is 1. The SMILES string of the molecule is N/C(CO)=C1/c2ccccc2N(Cc2ccccc2)C(=O)CN1N. The van der Waals surface area contributed by atoms with Crippen LogP contribution in [0, 0.1) is 0 Å². The number of rotatable bonds is 3. The summed E-state index contributed by atoms with van der Waals surface area (Å²) in [6.07, 6.45) is 0. The molecule has 2 aromatic carbocycles. The highest BCUT2D eigenvalue weighted by Gasteiger charge is 2.29. The van der Waals surface area contributed by atoms with E-state index in [0.29, 0.717) is 12.2 Å². The number of hydrazine groups is 1. The molecule has 6 nitrogen and oxygen atoms in total. The molecule has 0 aliphatic carbocycles. The lowest BCUT2D eigenvalue weighted by molar-refractivity contribution is -0.119. The monoisotopic (exact) mass is 324 g/mol. The summed E-state index contributed by atoms with van der Waals surface area (Å²) in [4.78, 5) is 14.4. The number of hydrogen-bond donors (Lipinski definition) is 3. The molecule has 0 bridgehead atoms. The van der Waals surface area contributed by atoms with Gasteiger partial charge in [0.2, 0.25) is 5.91 Å². The van der Waals surface area contributed by atoms with Gasteiger partial charge in [-0.05, 0) is 11.6 Å². The molecule has 1 amide bonds. The number of carbonyl (C=O) groups excluding carboxylic acids is 1. The minimum absolute atomic E-state index is 0.0163. The van der Waals surface area contributed by atoms with E-state index in [9.17, 15) is 9.90 Å². The quantitative estimate of drug-likeness (QED) is 0.733. The number of hydrogen-bond acceptors (Lipinski definition) is 5. The zero-order valence-electron chi connectivity index (χ0n) is 13.2. The number of fused-ring (bicyclic) bond motifs is 1. The average molecular weight is 324 g/mol. The van der Waals surface area contributed by atoms with Crippen molar-refractivity contribution in [1.82, 2.24) is 5.01 Å². The van der Waals surface area contributed by atoms with Gasteiger partial charge in [0.1, 0.15) is 6.54 Å². The minimum atomic E-state index is -0.329. The van der Waals surface area contributed by atoms with Crippen LogP contribution in [0.1, 0.15) is 11.1 Å². The Morgan fingerprint density at radius 1 is 1.08 bits per heavy atom. The van der Waals surface area contributed by atoms with Gasteiger partial charge in [0.05, 0.1) is 30.2 Å². The van der Waals surface area contributed by atoms with E-state index < -0.39 is 0 Å². The van der Waals surface area contributed by atoms with E-state index in [1.54, 1.807) is 4.90 Å². The molecule has 0 spiro atoms. The Morgan fingerprint density at radius 2 is 1.75 bits per heavy atom. The fourth-order valence-corrected chi connectivity index (χ4v) is 2.88. The lowest BCUT2D eigenvalue weighted by Gasteiger charge is -2.22. The number of aliphatic hydroxyl groups excluding tert-OH is 1. The van der Waals surface area contributed by atoms with Crippen molar-refractivity contribution < 1.29 is 9.90 Å². The number of nitrogens with zero attached hydrogens (tertiary/aromatic N) is 2. The minimum Gasteiger partial charge on any atom is -0.398 e. The Hall–Kier alpha value is -2.83. The van der Waals surface area contributed by atoms with Gasteiger partial charge in [0.15, 0.2) is 0 Å². The molecule has 3 rings (SSSR count). The van der Waals surface area contributed by atoms with E-state index >= 15 is 0 Å². The van der Waals surface area contributed by atoms with Gasteiger partial charge in [-0.15, -0.1) is 0 Å². The Labute approximate surface area is 140 Å². The summed E-state index contributed by atoms with van der Waals surface area (Å²) in [5, 5.41) is 10.7. The lowest BCUT2D eigenvalue weighted by atomic mass is 10.1. The summed E-state index contributed by atoms with van der Waals surface area (Å²) in [6, 6.07) is 17.2.